The zero-order valence-corrected chi connectivity index (χ0v) is 50.9. The minimum atomic E-state index is -0.778. The molecule has 0 aromatic heterocycles. The minimum absolute atomic E-state index is 0.0719. The molecular formula is C59H100N10O16. The number of hydrogen-bond donors (Lipinski definition) is 3. The van der Waals surface area contributed by atoms with Gasteiger partial charge in [0.25, 0.3) is 0 Å². The average Bonchev–Trinajstić information content (AvgIpc) is 3.60. The summed E-state index contributed by atoms with van der Waals surface area (Å²) in [5.41, 5.74) is 0. The van der Waals surface area contributed by atoms with E-state index in [9.17, 15) is 52.7 Å². The van der Waals surface area contributed by atoms with Gasteiger partial charge in [0.15, 0.2) is 0 Å². The lowest BCUT2D eigenvalue weighted by atomic mass is 10.2. The molecule has 0 aliphatic heterocycles. The lowest BCUT2D eigenvalue weighted by molar-refractivity contribution is 0.0523. The normalized spacial score (nSPS) is 10.4. The van der Waals surface area contributed by atoms with E-state index in [-0.39, 0.29) is 52.7 Å². The molecule has 3 N–H and O–H groups in total. The highest BCUT2D eigenvalue weighted by Gasteiger charge is 2.25. The van der Waals surface area contributed by atoms with Crippen LogP contribution in [0.3, 0.4) is 0 Å². The van der Waals surface area contributed by atoms with Crippen molar-refractivity contribution in [3.8, 4) is 0 Å². The summed E-state index contributed by atoms with van der Waals surface area (Å²) >= 11 is 0. The van der Waals surface area contributed by atoms with Crippen LogP contribution in [0.4, 0.5) is 33.6 Å². The zero-order chi connectivity index (χ0) is 62.3. The number of carbonyl (C=O) groups is 7. The quantitative estimate of drug-likeness (QED) is 0.0167. The Morgan fingerprint density at radius 1 is 0.306 bits per heavy atom. The number of hydrogen-bond acceptors (Lipinski definition) is 20. The van der Waals surface area contributed by atoms with Gasteiger partial charge in [-0.15, -0.1) is 0 Å². The topological polar surface area (TPSA) is 329 Å². The lowest BCUT2D eigenvalue weighted by Crippen LogP contribution is -2.45. The van der Waals surface area contributed by atoms with Crippen LogP contribution >= 0.6 is 0 Å². The highest BCUT2D eigenvalue weighted by molar-refractivity contribution is 5.92. The molecule has 482 valence electrons. The number of amides is 9. The van der Waals surface area contributed by atoms with Crippen molar-refractivity contribution in [2.24, 2.45) is 20.0 Å². The highest BCUT2D eigenvalue weighted by Crippen LogP contribution is 2.12. The Morgan fingerprint density at radius 3 is 0.812 bits per heavy atom. The van der Waals surface area contributed by atoms with Gasteiger partial charge in [0.05, 0.1) is 59.2 Å². The van der Waals surface area contributed by atoms with Crippen molar-refractivity contribution in [3.05, 3.63) is 0 Å². The Bertz CT molecular complexity index is 1990. The Balaban J connectivity index is 4.81. The van der Waals surface area contributed by atoms with Crippen molar-refractivity contribution in [2.45, 2.75) is 212 Å². The van der Waals surface area contributed by atoms with Crippen molar-refractivity contribution in [1.82, 2.24) is 30.7 Å². The Morgan fingerprint density at radius 2 is 0.541 bits per heavy atom. The Hall–Kier alpha value is -6.99. The third-order valence-corrected chi connectivity index (χ3v) is 13.2. The first kappa shape index (κ1) is 78.0. The van der Waals surface area contributed by atoms with E-state index in [4.69, 9.17) is 23.7 Å². The molecule has 26 heteroatoms. The Labute approximate surface area is 503 Å². The number of aliphatic imine (C=N–C) groups is 4. The van der Waals surface area contributed by atoms with Crippen LogP contribution < -0.4 is 16.0 Å². The van der Waals surface area contributed by atoms with Crippen LogP contribution in [0.2, 0.25) is 0 Å². The molecule has 0 bridgehead atoms. The lowest BCUT2D eigenvalue weighted by Gasteiger charge is -2.22. The largest absolute Gasteiger partial charge is 0.508 e. The van der Waals surface area contributed by atoms with Crippen LogP contribution in [0, 0.1) is 0 Å². The van der Waals surface area contributed by atoms with Crippen molar-refractivity contribution < 1.29 is 76.4 Å². The van der Waals surface area contributed by atoms with Crippen LogP contribution in [-0.2, 0) is 42.9 Å². The van der Waals surface area contributed by atoms with Gasteiger partial charge in [0.1, 0.15) is 0 Å². The number of isocyanates is 4. The molecule has 0 rings (SSSR count). The van der Waals surface area contributed by atoms with E-state index < -0.39 is 42.5 Å². The molecule has 0 aliphatic rings. The number of imide groups is 3. The summed E-state index contributed by atoms with van der Waals surface area (Å²) in [6, 6.07) is -1.65. The van der Waals surface area contributed by atoms with Crippen LogP contribution in [0.5, 0.6) is 0 Å². The van der Waals surface area contributed by atoms with Crippen LogP contribution in [0.25, 0.3) is 0 Å². The van der Waals surface area contributed by atoms with Crippen molar-refractivity contribution in [2.75, 3.05) is 98.5 Å². The standard InChI is InChI=1S/C59H100N10O16/c1-2-3-4-29-44-81-56(77)68(54(75)65-39-24-9-6-20-35-61-50-71)42-27-13-14-28-43-69(55(76)66-40-25-10-7-21-36-62-51-72)58(79)83-46-31-16-18-33-48-85-59(80)84-47-32-17-15-30-45-82-57(78)67(41-26-12-11-22-37-63-52-73)53(74)64-38-23-8-5-19-34-60-49-70/h2-48H2,1H3,(H,64,74)(H,65,75)(H,66,76). The third kappa shape index (κ3) is 49.0. The number of unbranched alkanes of at least 4 members (excludes halogenated alkanes) is 24. The molecule has 0 atom stereocenters. The number of carbonyl (C=O) groups excluding carboxylic acids is 11. The smallest absolute Gasteiger partial charge is 0.449 e. The number of urea groups is 3. The molecule has 0 spiro atoms. The van der Waals surface area contributed by atoms with Gasteiger partial charge >= 0.3 is 42.5 Å². The van der Waals surface area contributed by atoms with E-state index in [0.29, 0.717) is 161 Å². The van der Waals surface area contributed by atoms with E-state index in [1.54, 1.807) is 0 Å². The predicted molar refractivity (Wildman–Crippen MR) is 317 cm³/mol. The molecule has 0 radical (unpaired) electrons. The average molecular weight is 1210 g/mol. The predicted octanol–water partition coefficient (Wildman–Crippen LogP) is 11.4. The van der Waals surface area contributed by atoms with Gasteiger partial charge in [-0.25, -0.2) is 87.4 Å². The highest BCUT2D eigenvalue weighted by atomic mass is 16.7. The second kappa shape index (κ2) is 60.1. The van der Waals surface area contributed by atoms with Gasteiger partial charge in [-0.2, -0.15) is 0 Å². The summed E-state index contributed by atoms with van der Waals surface area (Å²) in [6.45, 7) is 5.88. The third-order valence-electron chi connectivity index (χ3n) is 13.2. The number of rotatable bonds is 54. The molecule has 0 aliphatic carbocycles. The van der Waals surface area contributed by atoms with Crippen LogP contribution in [0.1, 0.15) is 212 Å². The number of ether oxygens (including phenoxy) is 5. The van der Waals surface area contributed by atoms with Crippen LogP contribution in [0.15, 0.2) is 20.0 Å². The van der Waals surface area contributed by atoms with E-state index >= 15 is 0 Å². The molecule has 0 saturated heterocycles. The molecule has 0 unspecified atom stereocenters. The fraction of sp³-hybridized carbons (Fsp3) is 0.814. The molecular weight excluding hydrogens is 1100 g/mol. The van der Waals surface area contributed by atoms with Crippen LogP contribution in [-0.4, -0.2) is 180 Å². The van der Waals surface area contributed by atoms with Gasteiger partial charge in [-0.3, -0.25) is 0 Å². The van der Waals surface area contributed by atoms with E-state index in [1.807, 2.05) is 0 Å². The van der Waals surface area contributed by atoms with Gasteiger partial charge in [0.2, 0.25) is 24.3 Å². The SMILES string of the molecule is CCCCCCOC(=O)N(CCCCCCN(C(=O)NCCCCCCN=C=O)C(=O)OCCCCCCOC(=O)OCCCCCCOC(=O)N(CCCCCCN=C=O)C(=O)NCCCCCCN=C=O)C(=O)NCCCCCCN=C=O. The molecule has 0 fully saturated rings. The summed E-state index contributed by atoms with van der Waals surface area (Å²) in [6.07, 6.45) is 25.8. The van der Waals surface area contributed by atoms with E-state index in [2.05, 4.69) is 42.8 Å². The maximum atomic E-state index is 13.3. The Kier molecular flexibility index (Phi) is 55.2. The van der Waals surface area contributed by atoms with Crippen molar-refractivity contribution in [1.29, 1.82) is 0 Å². The molecule has 0 aromatic rings. The first-order valence-electron chi connectivity index (χ1n) is 31.2. The van der Waals surface area contributed by atoms with E-state index in [1.165, 1.54) is 24.3 Å². The molecule has 9 amide bonds. The maximum Gasteiger partial charge on any atom is 0.508 e. The molecule has 26 nitrogen and oxygen atoms in total. The maximum absolute atomic E-state index is 13.3. The van der Waals surface area contributed by atoms with Gasteiger partial charge < -0.3 is 39.6 Å². The summed E-state index contributed by atoms with van der Waals surface area (Å²) in [7, 11) is 0. The fourth-order valence-electron chi connectivity index (χ4n) is 8.31. The van der Waals surface area contributed by atoms with Crippen molar-refractivity contribution >= 4 is 66.8 Å². The summed E-state index contributed by atoms with van der Waals surface area (Å²) < 4.78 is 26.8. The summed E-state index contributed by atoms with van der Waals surface area (Å²) in [4.78, 5) is 149. The second-order valence-corrected chi connectivity index (χ2v) is 20.3. The summed E-state index contributed by atoms with van der Waals surface area (Å²) in [5, 5.41) is 8.38. The number of nitrogens with zero attached hydrogens (tertiary/aromatic N) is 7. The summed E-state index contributed by atoms with van der Waals surface area (Å²) in [5.74, 6) is 0. The van der Waals surface area contributed by atoms with E-state index in [0.717, 1.165) is 105 Å². The number of nitrogens with one attached hydrogen (secondary N) is 3. The fourth-order valence-corrected chi connectivity index (χ4v) is 8.31. The molecule has 0 heterocycles. The first-order chi connectivity index (χ1) is 41.6. The second-order valence-electron chi connectivity index (χ2n) is 20.3. The first-order valence-corrected chi connectivity index (χ1v) is 31.2. The van der Waals surface area contributed by atoms with Gasteiger partial charge in [-0.1, -0.05) is 90.4 Å². The zero-order valence-electron chi connectivity index (χ0n) is 50.9. The van der Waals surface area contributed by atoms with Crippen molar-refractivity contribution in [3.63, 3.8) is 0 Å². The monoisotopic (exact) mass is 1200 g/mol. The van der Waals surface area contributed by atoms with Gasteiger partial charge in [0, 0.05) is 39.3 Å². The minimum Gasteiger partial charge on any atom is -0.449 e. The molecule has 85 heavy (non-hydrogen) atoms. The molecule has 0 saturated carbocycles. The van der Waals surface area contributed by atoms with Gasteiger partial charge in [-0.05, 0) is 122 Å². The molecule has 0 aromatic carbocycles.